The molecule has 5 nitrogen and oxygen atoms in total. The van der Waals surface area contributed by atoms with Crippen LogP contribution >= 0.6 is 0 Å². The van der Waals surface area contributed by atoms with Gasteiger partial charge < -0.3 is 14.8 Å². The molecule has 162 valence electrons. The molecule has 3 heterocycles. The van der Waals surface area contributed by atoms with E-state index >= 15 is 0 Å². The van der Waals surface area contributed by atoms with Crippen molar-refractivity contribution in [2.75, 3.05) is 23.3 Å². The van der Waals surface area contributed by atoms with Crippen molar-refractivity contribution < 1.29 is 13.6 Å². The summed E-state index contributed by atoms with van der Waals surface area (Å²) in [6.45, 7) is 2.27. The molecule has 0 unspecified atom stereocenters. The third-order valence-corrected chi connectivity index (χ3v) is 5.76. The number of carbonyl (C=O) groups is 1. The molecule has 1 amide bonds. The van der Waals surface area contributed by atoms with E-state index in [9.17, 15) is 13.6 Å². The summed E-state index contributed by atoms with van der Waals surface area (Å²) in [4.78, 5) is 19.8. The minimum atomic E-state index is -0.380. The Morgan fingerprint density at radius 1 is 0.969 bits per heavy atom. The van der Waals surface area contributed by atoms with Gasteiger partial charge in [-0.05, 0) is 66.9 Å². The molecule has 4 aromatic rings. The molecule has 1 aliphatic rings. The summed E-state index contributed by atoms with van der Waals surface area (Å²) in [5.41, 5.74) is 2.34. The molecule has 1 fully saturated rings. The number of carbonyl (C=O) groups excluding carboxylic acids is 1. The summed E-state index contributed by atoms with van der Waals surface area (Å²) in [6, 6.07) is 16.0. The van der Waals surface area contributed by atoms with Crippen molar-refractivity contribution in [2.45, 2.75) is 19.4 Å². The zero-order valence-electron chi connectivity index (χ0n) is 17.4. The van der Waals surface area contributed by atoms with Crippen LogP contribution in [0.1, 0.15) is 28.9 Å². The lowest BCUT2D eigenvalue weighted by Crippen LogP contribution is -2.20. The van der Waals surface area contributed by atoms with E-state index in [1.807, 2.05) is 12.1 Å². The van der Waals surface area contributed by atoms with Crippen molar-refractivity contribution in [3.63, 3.8) is 0 Å². The lowest BCUT2D eigenvalue weighted by molar-refractivity contribution is 0.101. The number of hydrogen-bond donors (Lipinski definition) is 1. The molecule has 32 heavy (non-hydrogen) atoms. The Morgan fingerprint density at radius 2 is 1.78 bits per heavy atom. The number of rotatable bonds is 5. The fourth-order valence-electron chi connectivity index (χ4n) is 4.21. The van der Waals surface area contributed by atoms with Crippen LogP contribution in [-0.2, 0) is 6.54 Å². The first-order valence-corrected chi connectivity index (χ1v) is 10.6. The molecule has 0 saturated carbocycles. The second kappa shape index (κ2) is 8.42. The van der Waals surface area contributed by atoms with Gasteiger partial charge >= 0.3 is 0 Å². The van der Waals surface area contributed by atoms with E-state index in [2.05, 4.69) is 15.2 Å². The highest BCUT2D eigenvalue weighted by molar-refractivity contribution is 6.06. The minimum absolute atomic E-state index is 0.280. The van der Waals surface area contributed by atoms with Crippen LogP contribution in [0.15, 0.2) is 66.9 Å². The predicted molar refractivity (Wildman–Crippen MR) is 121 cm³/mol. The van der Waals surface area contributed by atoms with Crippen molar-refractivity contribution in [3.05, 3.63) is 89.8 Å². The Hall–Kier alpha value is -3.74. The summed E-state index contributed by atoms with van der Waals surface area (Å²) >= 11 is 0. The number of aromatic nitrogens is 2. The van der Waals surface area contributed by atoms with Crippen molar-refractivity contribution >= 4 is 28.3 Å². The number of nitrogens with zero attached hydrogens (tertiary/aromatic N) is 3. The van der Waals surface area contributed by atoms with Gasteiger partial charge in [-0.15, -0.1) is 0 Å². The Balaban J connectivity index is 1.45. The van der Waals surface area contributed by atoms with Gasteiger partial charge in [0.05, 0.1) is 11.9 Å². The number of fused-ring (bicyclic) bond motifs is 1. The quantitative estimate of drug-likeness (QED) is 0.471. The molecule has 2 aromatic heterocycles. The van der Waals surface area contributed by atoms with Gasteiger partial charge in [-0.2, -0.15) is 0 Å². The molecule has 5 rings (SSSR count). The summed E-state index contributed by atoms with van der Waals surface area (Å²) < 4.78 is 29.3. The van der Waals surface area contributed by atoms with Crippen LogP contribution in [0.3, 0.4) is 0 Å². The molecule has 0 radical (unpaired) electrons. The maximum absolute atomic E-state index is 13.8. The largest absolute Gasteiger partial charge is 0.357 e. The lowest BCUT2D eigenvalue weighted by Gasteiger charge is -2.16. The number of nitrogens with one attached hydrogen (secondary N) is 1. The van der Waals surface area contributed by atoms with Crippen LogP contribution in [0.4, 0.5) is 20.3 Å². The Labute approximate surface area is 184 Å². The van der Waals surface area contributed by atoms with Gasteiger partial charge in [-0.3, -0.25) is 4.79 Å². The second-order valence-corrected chi connectivity index (χ2v) is 8.00. The van der Waals surface area contributed by atoms with E-state index in [4.69, 9.17) is 0 Å². The van der Waals surface area contributed by atoms with E-state index in [-0.39, 0.29) is 24.1 Å². The predicted octanol–water partition coefficient (Wildman–Crippen LogP) is 5.22. The number of benzene rings is 2. The normalized spacial score (nSPS) is 13.6. The summed E-state index contributed by atoms with van der Waals surface area (Å²) in [6.07, 6.45) is 3.97. The van der Waals surface area contributed by atoms with Crippen LogP contribution < -0.4 is 10.2 Å². The van der Waals surface area contributed by atoms with Crippen molar-refractivity contribution in [1.82, 2.24) is 9.55 Å². The van der Waals surface area contributed by atoms with E-state index in [0.717, 1.165) is 31.7 Å². The highest BCUT2D eigenvalue weighted by Crippen LogP contribution is 2.24. The highest BCUT2D eigenvalue weighted by atomic mass is 19.1. The summed E-state index contributed by atoms with van der Waals surface area (Å²) in [5, 5.41) is 3.49. The van der Waals surface area contributed by atoms with Gasteiger partial charge in [-0.1, -0.05) is 12.1 Å². The first-order valence-electron chi connectivity index (χ1n) is 10.6. The van der Waals surface area contributed by atoms with E-state index in [1.54, 1.807) is 35.0 Å². The van der Waals surface area contributed by atoms with E-state index < -0.39 is 0 Å². The van der Waals surface area contributed by atoms with Crippen LogP contribution in [-0.4, -0.2) is 28.5 Å². The van der Waals surface area contributed by atoms with E-state index in [1.165, 1.54) is 24.3 Å². The molecular weight excluding hydrogens is 410 g/mol. The van der Waals surface area contributed by atoms with Crippen molar-refractivity contribution in [3.8, 4) is 0 Å². The topological polar surface area (TPSA) is 50.2 Å². The number of halogens is 2. The zero-order chi connectivity index (χ0) is 22.1. The van der Waals surface area contributed by atoms with Gasteiger partial charge in [-0.25, -0.2) is 13.8 Å². The molecular formula is C25H22F2N4O. The average Bonchev–Trinajstić information content (AvgIpc) is 3.43. The average molecular weight is 432 g/mol. The number of amides is 1. The molecule has 0 bridgehead atoms. The third-order valence-electron chi connectivity index (χ3n) is 5.76. The van der Waals surface area contributed by atoms with Crippen LogP contribution in [0.5, 0.6) is 0 Å². The van der Waals surface area contributed by atoms with Gasteiger partial charge in [0.1, 0.15) is 23.1 Å². The molecule has 0 spiro atoms. The molecule has 0 aliphatic carbocycles. The fourth-order valence-corrected chi connectivity index (χ4v) is 4.21. The summed E-state index contributed by atoms with van der Waals surface area (Å²) in [5.74, 6) is -0.167. The van der Waals surface area contributed by atoms with Gasteiger partial charge in [0.25, 0.3) is 5.91 Å². The zero-order valence-corrected chi connectivity index (χ0v) is 17.4. The Bertz CT molecular complexity index is 1280. The van der Waals surface area contributed by atoms with Crippen LogP contribution in [0.2, 0.25) is 0 Å². The van der Waals surface area contributed by atoms with Crippen molar-refractivity contribution in [2.24, 2.45) is 0 Å². The second-order valence-electron chi connectivity index (χ2n) is 8.00. The minimum Gasteiger partial charge on any atom is -0.357 e. The maximum atomic E-state index is 13.8. The Kier molecular flexibility index (Phi) is 5.31. The van der Waals surface area contributed by atoms with Crippen LogP contribution in [0.25, 0.3) is 10.9 Å². The van der Waals surface area contributed by atoms with E-state index in [0.29, 0.717) is 27.8 Å². The maximum Gasteiger partial charge on any atom is 0.272 e. The molecule has 0 atom stereocenters. The number of hydrogen-bond acceptors (Lipinski definition) is 3. The molecule has 1 saturated heterocycles. The number of pyridine rings is 1. The third kappa shape index (κ3) is 4.06. The monoisotopic (exact) mass is 432 g/mol. The van der Waals surface area contributed by atoms with Gasteiger partial charge in [0.2, 0.25) is 0 Å². The molecule has 1 aliphatic heterocycles. The van der Waals surface area contributed by atoms with Crippen molar-refractivity contribution in [1.29, 1.82) is 0 Å². The number of anilines is 2. The standard InChI is InChI=1S/C25H22F2N4O/c26-19-5-3-4-17(12-19)16-31-22-8-6-20(27)13-18(22)14-23(31)25(32)29-21-7-9-24(28-15-21)30-10-1-2-11-30/h3-9,12-15H,1-2,10-11,16H2,(H,29,32). The Morgan fingerprint density at radius 3 is 2.53 bits per heavy atom. The SMILES string of the molecule is O=C(Nc1ccc(N2CCCC2)nc1)c1cc2cc(F)ccc2n1Cc1cccc(F)c1. The highest BCUT2D eigenvalue weighted by Gasteiger charge is 2.18. The van der Waals surface area contributed by atoms with Gasteiger partial charge in [0.15, 0.2) is 0 Å². The fraction of sp³-hybridized carbons (Fsp3) is 0.200. The lowest BCUT2D eigenvalue weighted by atomic mass is 10.2. The van der Waals surface area contributed by atoms with Crippen LogP contribution in [0, 0.1) is 11.6 Å². The van der Waals surface area contributed by atoms with Gasteiger partial charge in [0, 0.05) is 30.5 Å². The summed E-state index contributed by atoms with van der Waals surface area (Å²) in [7, 11) is 0. The molecule has 2 aromatic carbocycles. The smallest absolute Gasteiger partial charge is 0.272 e. The first kappa shape index (κ1) is 20.2. The molecule has 7 heteroatoms. The first-order chi connectivity index (χ1) is 15.6. The molecule has 1 N–H and O–H groups in total.